The lowest BCUT2D eigenvalue weighted by Gasteiger charge is -1.99. The fourth-order valence-corrected chi connectivity index (χ4v) is 1.08. The van der Waals surface area contributed by atoms with Gasteiger partial charge in [-0.05, 0) is 24.6 Å². The molecule has 0 aromatic rings. The van der Waals surface area contributed by atoms with Crippen LogP contribution in [0.2, 0.25) is 0 Å². The Hall–Kier alpha value is -1.04. The summed E-state index contributed by atoms with van der Waals surface area (Å²) < 4.78 is 1.99. The van der Waals surface area contributed by atoms with Gasteiger partial charge in [-0.25, -0.2) is 0 Å². The highest BCUT2D eigenvalue weighted by atomic mass is 35.5. The minimum Gasteiger partial charge on any atom is -1.00 e. The van der Waals surface area contributed by atoms with Crippen molar-refractivity contribution < 1.29 is 17.0 Å². The lowest BCUT2D eigenvalue weighted by Crippen LogP contribution is -3.00. The molecule has 0 saturated heterocycles. The molecule has 2 heterocycles. The molecule has 0 fully saturated rings. The first-order chi connectivity index (χ1) is 4.97. The van der Waals surface area contributed by atoms with Crippen molar-refractivity contribution in [1.29, 1.82) is 0 Å². The molecule has 2 aliphatic heterocycles. The topological polar surface area (TPSA) is 3.01 Å². The summed E-state index contributed by atoms with van der Waals surface area (Å²) in [6.45, 7) is 0. The summed E-state index contributed by atoms with van der Waals surface area (Å²) in [5, 5.41) is 0. The molecule has 1 nitrogen and oxygen atoms in total. The molecule has 56 valence electrons. The zero-order valence-electron chi connectivity index (χ0n) is 6.00. The number of rotatable bonds is 0. The van der Waals surface area contributed by atoms with E-state index in [1.54, 1.807) is 0 Å². The molecule has 0 atom stereocenters. The van der Waals surface area contributed by atoms with E-state index < -0.39 is 0 Å². The first-order valence-electron chi connectivity index (χ1n) is 3.39. The van der Waals surface area contributed by atoms with Crippen molar-refractivity contribution in [3.8, 4) is 0 Å². The Kier molecular flexibility index (Phi) is 2.48. The Balaban J connectivity index is 0.000000605. The van der Waals surface area contributed by atoms with Crippen LogP contribution in [0.25, 0.3) is 0 Å². The number of nitrogens with zero attached hydrogens (tertiary/aromatic N) is 1. The Morgan fingerprint density at radius 1 is 1.45 bits per heavy atom. The van der Waals surface area contributed by atoms with Crippen LogP contribution in [-0.2, 0) is 0 Å². The van der Waals surface area contributed by atoms with Crippen molar-refractivity contribution in [2.45, 2.75) is 6.42 Å². The number of fused-ring (bicyclic) bond motifs is 1. The van der Waals surface area contributed by atoms with Crippen molar-refractivity contribution in [2.75, 3.05) is 0 Å². The smallest absolute Gasteiger partial charge is 0.216 e. The number of halogens is 1. The van der Waals surface area contributed by atoms with Crippen LogP contribution in [0.15, 0.2) is 42.3 Å². The van der Waals surface area contributed by atoms with Crippen LogP contribution >= 0.6 is 0 Å². The van der Waals surface area contributed by atoms with E-state index in [0.717, 1.165) is 6.42 Å². The van der Waals surface area contributed by atoms with Gasteiger partial charge >= 0.3 is 0 Å². The van der Waals surface area contributed by atoms with Gasteiger partial charge in [0.05, 0.1) is 0 Å². The Labute approximate surface area is 72.1 Å². The Morgan fingerprint density at radius 2 is 2.36 bits per heavy atom. The molecule has 0 bridgehead atoms. The summed E-state index contributed by atoms with van der Waals surface area (Å²) >= 11 is 0. The second-order valence-corrected chi connectivity index (χ2v) is 2.27. The van der Waals surface area contributed by atoms with Gasteiger partial charge in [0, 0.05) is 12.2 Å². The Morgan fingerprint density at radius 3 is 3.18 bits per heavy atom. The lowest BCUT2D eigenvalue weighted by atomic mass is 10.2. The summed E-state index contributed by atoms with van der Waals surface area (Å²) in [6.07, 6.45) is 13.4. The van der Waals surface area contributed by atoms with Crippen LogP contribution in [0.5, 0.6) is 0 Å². The van der Waals surface area contributed by atoms with Crippen LogP contribution in [0, 0.1) is 0 Å². The third kappa shape index (κ3) is 1.51. The lowest BCUT2D eigenvalue weighted by molar-refractivity contribution is -0.389. The zero-order chi connectivity index (χ0) is 6.81. The molecule has 0 aliphatic carbocycles. The number of hydrogen-bond donors (Lipinski definition) is 0. The molecule has 0 aromatic heterocycles. The van der Waals surface area contributed by atoms with Crippen LogP contribution in [0.3, 0.4) is 0 Å². The number of allylic oxidation sites excluding steroid dienone is 5. The zero-order valence-corrected chi connectivity index (χ0v) is 6.75. The largest absolute Gasteiger partial charge is 1.00 e. The van der Waals surface area contributed by atoms with Gasteiger partial charge in [-0.3, -0.25) is 0 Å². The van der Waals surface area contributed by atoms with E-state index in [2.05, 4.69) is 24.1 Å². The minimum atomic E-state index is 0. The summed E-state index contributed by atoms with van der Waals surface area (Å²) in [4.78, 5) is 0. The van der Waals surface area contributed by atoms with Crippen molar-refractivity contribution >= 4 is 5.87 Å². The maximum absolute atomic E-state index is 3.09. The Bertz CT molecular complexity index is 302. The molecule has 0 saturated carbocycles. The van der Waals surface area contributed by atoms with Gasteiger partial charge in [-0.1, -0.05) is 0 Å². The van der Waals surface area contributed by atoms with Gasteiger partial charge < -0.3 is 12.4 Å². The predicted octanol–water partition coefficient (Wildman–Crippen LogP) is -1.40. The average Bonchev–Trinajstić information content (AvgIpc) is 2.05. The van der Waals surface area contributed by atoms with Gasteiger partial charge in [0.25, 0.3) is 0 Å². The molecular formula is C9H8ClN. The highest BCUT2D eigenvalue weighted by Crippen LogP contribution is 2.09. The first-order valence-corrected chi connectivity index (χ1v) is 3.39. The van der Waals surface area contributed by atoms with E-state index in [0.29, 0.717) is 0 Å². The molecule has 2 heteroatoms. The maximum atomic E-state index is 3.09. The molecule has 0 unspecified atom stereocenters. The fraction of sp³-hybridized carbons (Fsp3) is 0.111. The van der Waals surface area contributed by atoms with Crippen molar-refractivity contribution in [3.05, 3.63) is 42.3 Å². The molecule has 2 rings (SSSR count). The third-order valence-corrected chi connectivity index (χ3v) is 1.57. The van der Waals surface area contributed by atoms with Crippen LogP contribution in [0.1, 0.15) is 6.42 Å². The van der Waals surface area contributed by atoms with Gasteiger partial charge in [-0.15, -0.1) is 4.58 Å². The van der Waals surface area contributed by atoms with E-state index in [4.69, 9.17) is 0 Å². The molecular weight excluding hydrogens is 158 g/mol. The normalized spacial score (nSPS) is 18.2. The van der Waals surface area contributed by atoms with Crippen molar-refractivity contribution in [3.63, 3.8) is 0 Å². The van der Waals surface area contributed by atoms with Gasteiger partial charge in [-0.2, -0.15) is 0 Å². The fourth-order valence-electron chi connectivity index (χ4n) is 1.08. The molecule has 0 N–H and O–H groups in total. The average molecular weight is 166 g/mol. The van der Waals surface area contributed by atoms with Crippen molar-refractivity contribution in [1.82, 2.24) is 0 Å². The summed E-state index contributed by atoms with van der Waals surface area (Å²) in [6, 6.07) is 0. The van der Waals surface area contributed by atoms with Gasteiger partial charge in [0.2, 0.25) is 5.70 Å². The molecule has 0 radical (unpaired) electrons. The van der Waals surface area contributed by atoms with E-state index in [-0.39, 0.29) is 12.4 Å². The van der Waals surface area contributed by atoms with E-state index in [9.17, 15) is 0 Å². The van der Waals surface area contributed by atoms with Crippen LogP contribution < -0.4 is 12.4 Å². The van der Waals surface area contributed by atoms with Crippen LogP contribution in [0.4, 0.5) is 0 Å². The minimum absolute atomic E-state index is 0. The van der Waals surface area contributed by atoms with E-state index >= 15 is 0 Å². The molecule has 0 aromatic carbocycles. The number of hydrogen-bond acceptors (Lipinski definition) is 0. The molecule has 0 spiro atoms. The molecule has 11 heavy (non-hydrogen) atoms. The molecule has 2 aliphatic rings. The van der Waals surface area contributed by atoms with E-state index in [1.807, 2.05) is 22.9 Å². The first kappa shape index (κ1) is 8.06. The highest BCUT2D eigenvalue weighted by Gasteiger charge is 2.10. The second kappa shape index (κ2) is 3.38. The van der Waals surface area contributed by atoms with Gasteiger partial charge in [0.15, 0.2) is 12.1 Å². The monoisotopic (exact) mass is 165 g/mol. The summed E-state index contributed by atoms with van der Waals surface area (Å²) in [7, 11) is 0. The van der Waals surface area contributed by atoms with E-state index in [1.165, 1.54) is 5.70 Å². The quantitative estimate of drug-likeness (QED) is 0.389. The predicted molar refractivity (Wildman–Crippen MR) is 40.8 cm³/mol. The molecule has 0 amide bonds. The third-order valence-electron chi connectivity index (χ3n) is 1.57. The SMILES string of the molecule is C1=CC=CC2=CCC=C[N+]=12.[Cl-]. The summed E-state index contributed by atoms with van der Waals surface area (Å²) in [5.74, 6) is 3.09. The highest BCUT2D eigenvalue weighted by molar-refractivity contribution is 5.53. The standard InChI is InChI=1S/C9H8N.ClH/c1-3-7-10-8-4-2-6-9(10)5-1;/h1,3-6,8H,2H2;1H/q+1;/p-1. The van der Waals surface area contributed by atoms with Gasteiger partial charge in [0.1, 0.15) is 0 Å². The van der Waals surface area contributed by atoms with Crippen LogP contribution in [-0.4, -0.2) is 10.4 Å². The van der Waals surface area contributed by atoms with Crippen molar-refractivity contribution in [2.24, 2.45) is 0 Å². The second-order valence-electron chi connectivity index (χ2n) is 2.27. The summed E-state index contributed by atoms with van der Waals surface area (Å²) in [5.41, 5.74) is 1.23. The maximum Gasteiger partial charge on any atom is 0.216 e.